The number of aromatic nitrogens is 2. The summed E-state index contributed by atoms with van der Waals surface area (Å²) < 4.78 is 0.760. The number of nitrogens with zero attached hydrogens (tertiary/aromatic N) is 3. The smallest absolute Gasteiger partial charge is 0.334 e. The SMILES string of the molecule is Cc1cc(Cl)ccc1Nc1ncnc(Nc2ccccc2Br)c1[N+](=O)[O-]. The molecule has 26 heavy (non-hydrogen) atoms. The lowest BCUT2D eigenvalue weighted by Crippen LogP contribution is -2.06. The van der Waals surface area contributed by atoms with Crippen molar-refractivity contribution < 1.29 is 4.92 Å². The maximum Gasteiger partial charge on any atom is 0.353 e. The lowest BCUT2D eigenvalue weighted by Gasteiger charge is -2.12. The van der Waals surface area contributed by atoms with Crippen molar-refractivity contribution in [2.45, 2.75) is 6.92 Å². The summed E-state index contributed by atoms with van der Waals surface area (Å²) in [5.74, 6) is 0.177. The van der Waals surface area contributed by atoms with E-state index in [0.717, 1.165) is 10.0 Å². The first kappa shape index (κ1) is 18.1. The van der Waals surface area contributed by atoms with Crippen LogP contribution in [-0.2, 0) is 0 Å². The first-order chi connectivity index (χ1) is 12.5. The molecule has 0 saturated heterocycles. The number of benzene rings is 2. The molecule has 0 saturated carbocycles. The Labute approximate surface area is 162 Å². The van der Waals surface area contributed by atoms with Crippen molar-refractivity contribution in [1.82, 2.24) is 9.97 Å². The second kappa shape index (κ2) is 7.67. The number of hydrogen-bond acceptors (Lipinski definition) is 6. The van der Waals surface area contributed by atoms with Crippen LogP contribution < -0.4 is 10.6 Å². The van der Waals surface area contributed by atoms with Gasteiger partial charge in [0, 0.05) is 15.2 Å². The van der Waals surface area contributed by atoms with Crippen molar-refractivity contribution in [3.8, 4) is 0 Å². The van der Waals surface area contributed by atoms with Gasteiger partial charge in [0.1, 0.15) is 6.33 Å². The minimum Gasteiger partial charge on any atom is -0.334 e. The van der Waals surface area contributed by atoms with Crippen molar-refractivity contribution >= 4 is 56.2 Å². The summed E-state index contributed by atoms with van der Waals surface area (Å²) in [5.41, 5.74) is 1.91. The van der Waals surface area contributed by atoms with Gasteiger partial charge in [0.2, 0.25) is 11.6 Å². The Kier molecular flexibility index (Phi) is 5.34. The summed E-state index contributed by atoms with van der Waals surface area (Å²) >= 11 is 9.36. The average Bonchev–Trinajstić information content (AvgIpc) is 2.59. The highest BCUT2D eigenvalue weighted by atomic mass is 79.9. The van der Waals surface area contributed by atoms with Crippen molar-refractivity contribution in [2.75, 3.05) is 10.6 Å². The molecule has 2 aromatic carbocycles. The number of hydrogen-bond donors (Lipinski definition) is 2. The quantitative estimate of drug-likeness (QED) is 0.401. The van der Waals surface area contributed by atoms with Gasteiger partial charge in [0.15, 0.2) is 0 Å². The molecule has 1 heterocycles. The highest BCUT2D eigenvalue weighted by Crippen LogP contribution is 2.35. The van der Waals surface area contributed by atoms with Crippen molar-refractivity contribution in [1.29, 1.82) is 0 Å². The fourth-order valence-corrected chi connectivity index (χ4v) is 2.93. The van der Waals surface area contributed by atoms with Gasteiger partial charge in [-0.15, -0.1) is 0 Å². The predicted octanol–water partition coefficient (Wildman–Crippen LogP) is 5.60. The zero-order chi connectivity index (χ0) is 18.7. The van der Waals surface area contributed by atoms with Gasteiger partial charge in [-0.2, -0.15) is 0 Å². The van der Waals surface area contributed by atoms with Crippen molar-refractivity contribution in [3.05, 3.63) is 74.0 Å². The monoisotopic (exact) mass is 433 g/mol. The van der Waals surface area contributed by atoms with E-state index in [-0.39, 0.29) is 17.3 Å². The van der Waals surface area contributed by atoms with Gasteiger partial charge >= 0.3 is 5.69 Å². The zero-order valence-corrected chi connectivity index (χ0v) is 15.9. The van der Waals surface area contributed by atoms with Crippen molar-refractivity contribution in [3.63, 3.8) is 0 Å². The van der Waals surface area contributed by atoms with E-state index in [2.05, 4.69) is 36.5 Å². The number of nitrogens with one attached hydrogen (secondary N) is 2. The Bertz CT molecular complexity index is 983. The summed E-state index contributed by atoms with van der Waals surface area (Å²) in [5, 5.41) is 18.2. The van der Waals surface area contributed by atoms with Crippen LogP contribution in [0.5, 0.6) is 0 Å². The summed E-state index contributed by atoms with van der Waals surface area (Å²) in [6, 6.07) is 12.5. The summed E-state index contributed by atoms with van der Waals surface area (Å²) in [7, 11) is 0. The third-order valence-electron chi connectivity index (χ3n) is 3.57. The molecule has 132 valence electrons. The molecule has 0 fully saturated rings. The Hall–Kier alpha value is -2.71. The molecule has 0 atom stereocenters. The molecule has 2 N–H and O–H groups in total. The van der Waals surface area contributed by atoms with Gasteiger partial charge in [-0.3, -0.25) is 10.1 Å². The Morgan fingerprint density at radius 1 is 1.08 bits per heavy atom. The maximum absolute atomic E-state index is 11.7. The number of anilines is 4. The molecule has 1 aromatic heterocycles. The highest BCUT2D eigenvalue weighted by Gasteiger charge is 2.24. The van der Waals surface area contributed by atoms with Crippen molar-refractivity contribution in [2.24, 2.45) is 0 Å². The van der Waals surface area contributed by atoms with E-state index in [1.54, 1.807) is 24.3 Å². The molecule has 0 spiro atoms. The topological polar surface area (TPSA) is 93.0 Å². The first-order valence-electron chi connectivity index (χ1n) is 7.50. The number of aryl methyl sites for hydroxylation is 1. The van der Waals surface area contributed by atoms with Gasteiger partial charge < -0.3 is 10.6 Å². The number of para-hydroxylation sites is 1. The lowest BCUT2D eigenvalue weighted by atomic mass is 10.2. The van der Waals surface area contributed by atoms with Crippen LogP contribution in [0.3, 0.4) is 0 Å². The standard InChI is InChI=1S/C17H13BrClN5O2/c1-10-8-11(19)6-7-13(10)22-16-15(24(25)26)17(21-9-20-16)23-14-5-3-2-4-12(14)18/h2-9H,1H3,(H2,20,21,22,23). The second-order valence-corrected chi connectivity index (χ2v) is 6.66. The van der Waals surface area contributed by atoms with E-state index in [0.29, 0.717) is 16.4 Å². The van der Waals surface area contributed by atoms with E-state index < -0.39 is 4.92 Å². The molecule has 9 heteroatoms. The molecule has 0 unspecified atom stereocenters. The minimum atomic E-state index is -0.521. The normalized spacial score (nSPS) is 10.4. The molecular formula is C17H13BrClN5O2. The van der Waals surface area contributed by atoms with Gasteiger partial charge in [0.05, 0.1) is 10.6 Å². The van der Waals surface area contributed by atoms with Gasteiger partial charge in [-0.05, 0) is 58.7 Å². The number of halogens is 2. The molecule has 0 amide bonds. The molecule has 3 aromatic rings. The van der Waals surface area contributed by atoms with Gasteiger partial charge in [0.25, 0.3) is 0 Å². The van der Waals surface area contributed by atoms with E-state index in [4.69, 9.17) is 11.6 Å². The van der Waals surface area contributed by atoms with Crippen LogP contribution in [0.25, 0.3) is 0 Å². The average molecular weight is 435 g/mol. The molecule has 3 rings (SSSR count). The Balaban J connectivity index is 2.01. The number of nitro groups is 1. The predicted molar refractivity (Wildman–Crippen MR) is 106 cm³/mol. The largest absolute Gasteiger partial charge is 0.353 e. The summed E-state index contributed by atoms with van der Waals surface area (Å²) in [6.07, 6.45) is 1.26. The third-order valence-corrected chi connectivity index (χ3v) is 4.50. The lowest BCUT2D eigenvalue weighted by molar-refractivity contribution is -0.383. The van der Waals surface area contributed by atoms with Crippen LogP contribution in [0.4, 0.5) is 28.7 Å². The second-order valence-electron chi connectivity index (χ2n) is 5.37. The van der Waals surface area contributed by atoms with Crippen LogP contribution in [0.2, 0.25) is 5.02 Å². The van der Waals surface area contributed by atoms with Crippen LogP contribution in [0.1, 0.15) is 5.56 Å². The van der Waals surface area contributed by atoms with Crippen LogP contribution in [-0.4, -0.2) is 14.9 Å². The van der Waals surface area contributed by atoms with Gasteiger partial charge in [-0.1, -0.05) is 23.7 Å². The maximum atomic E-state index is 11.7. The van der Waals surface area contributed by atoms with E-state index in [1.165, 1.54) is 6.33 Å². The molecule has 0 bridgehead atoms. The van der Waals surface area contributed by atoms with Crippen LogP contribution in [0, 0.1) is 17.0 Å². The summed E-state index contributed by atoms with van der Waals surface area (Å²) in [6.45, 7) is 1.85. The van der Waals surface area contributed by atoms with Crippen LogP contribution >= 0.6 is 27.5 Å². The summed E-state index contributed by atoms with van der Waals surface area (Å²) in [4.78, 5) is 19.2. The van der Waals surface area contributed by atoms with E-state index in [1.807, 2.05) is 25.1 Å². The molecule has 0 aliphatic rings. The molecule has 7 nitrogen and oxygen atoms in total. The van der Waals surface area contributed by atoms with Gasteiger partial charge in [-0.25, -0.2) is 9.97 Å². The third kappa shape index (κ3) is 3.92. The highest BCUT2D eigenvalue weighted by molar-refractivity contribution is 9.10. The fraction of sp³-hybridized carbons (Fsp3) is 0.0588. The Morgan fingerprint density at radius 2 is 1.73 bits per heavy atom. The first-order valence-corrected chi connectivity index (χ1v) is 8.67. The van der Waals surface area contributed by atoms with E-state index >= 15 is 0 Å². The van der Waals surface area contributed by atoms with E-state index in [9.17, 15) is 10.1 Å². The van der Waals surface area contributed by atoms with Crippen LogP contribution in [0.15, 0.2) is 53.3 Å². The molecule has 0 aliphatic carbocycles. The molecule has 0 radical (unpaired) electrons. The minimum absolute atomic E-state index is 0.0879. The Morgan fingerprint density at radius 3 is 2.35 bits per heavy atom. The fourth-order valence-electron chi connectivity index (χ4n) is 2.32. The number of rotatable bonds is 5. The molecular weight excluding hydrogens is 422 g/mol. The molecule has 0 aliphatic heterocycles. The zero-order valence-electron chi connectivity index (χ0n) is 13.5.